The van der Waals surface area contributed by atoms with Crippen molar-refractivity contribution >= 4 is 5.97 Å². The van der Waals surface area contributed by atoms with E-state index in [2.05, 4.69) is 23.0 Å². The number of nitriles is 1. The molecule has 3 aromatic rings. The Balaban J connectivity index is 1.61. The van der Waals surface area contributed by atoms with Crippen LogP contribution in [0.4, 0.5) is 0 Å². The zero-order valence-corrected chi connectivity index (χ0v) is 16.5. The average Bonchev–Trinajstić information content (AvgIpc) is 2.77. The van der Waals surface area contributed by atoms with Gasteiger partial charge in [-0.2, -0.15) is 5.26 Å². The molecule has 3 rings (SSSR count). The van der Waals surface area contributed by atoms with E-state index in [9.17, 15) is 4.79 Å². The molecular formula is C24H23N3O2. The summed E-state index contributed by atoms with van der Waals surface area (Å²) >= 11 is 0. The van der Waals surface area contributed by atoms with Crippen LogP contribution in [0.15, 0.2) is 60.9 Å². The van der Waals surface area contributed by atoms with Crippen molar-refractivity contribution in [2.24, 2.45) is 0 Å². The Bertz CT molecular complexity index is 973. The average molecular weight is 385 g/mol. The van der Waals surface area contributed by atoms with Gasteiger partial charge >= 0.3 is 5.97 Å². The van der Waals surface area contributed by atoms with Crippen LogP contribution in [0.1, 0.15) is 44.6 Å². The van der Waals surface area contributed by atoms with E-state index >= 15 is 0 Å². The van der Waals surface area contributed by atoms with Gasteiger partial charge in [0, 0.05) is 29.9 Å². The molecular weight excluding hydrogens is 362 g/mol. The largest absolute Gasteiger partial charge is 0.427 e. The minimum absolute atomic E-state index is 0.197. The van der Waals surface area contributed by atoms with Gasteiger partial charge in [-0.15, -0.1) is 0 Å². The molecule has 2 aromatic carbocycles. The number of unbranched alkanes of at least 4 members (excludes halogenated alkanes) is 3. The normalized spacial score (nSPS) is 10.3. The summed E-state index contributed by atoms with van der Waals surface area (Å²) in [5.74, 6) is 0.931. The molecule has 0 aliphatic rings. The molecule has 29 heavy (non-hydrogen) atoms. The Hall–Kier alpha value is -3.52. The van der Waals surface area contributed by atoms with Gasteiger partial charge in [-0.05, 0) is 48.4 Å². The Labute approximate surface area is 171 Å². The summed E-state index contributed by atoms with van der Waals surface area (Å²) in [7, 11) is 0. The van der Waals surface area contributed by atoms with Crippen LogP contribution in [-0.4, -0.2) is 15.9 Å². The van der Waals surface area contributed by atoms with Crippen LogP contribution in [0, 0.1) is 11.3 Å². The number of rotatable bonds is 8. The number of nitrogens with zero attached hydrogens (tertiary/aromatic N) is 3. The second-order valence-electron chi connectivity index (χ2n) is 6.79. The molecule has 0 radical (unpaired) electrons. The predicted octanol–water partition coefficient (Wildman–Crippen LogP) is 5.56. The van der Waals surface area contributed by atoms with Crippen molar-refractivity contribution in [3.63, 3.8) is 0 Å². The summed E-state index contributed by atoms with van der Waals surface area (Å²) < 4.78 is 5.38. The summed E-state index contributed by atoms with van der Waals surface area (Å²) in [5.41, 5.74) is 3.30. The number of aromatic nitrogens is 2. The third-order valence-corrected chi connectivity index (χ3v) is 4.58. The standard InChI is InChI=1S/C24H23N3O2/c1-2-3-4-5-6-23(28)29-22-13-11-20(12-14-22)24-26-16-21(17-27-24)19-9-7-18(15-25)8-10-19/h7-14,16-17H,2-6H2,1H3. The quantitative estimate of drug-likeness (QED) is 0.288. The number of esters is 1. The van der Waals surface area contributed by atoms with Gasteiger partial charge < -0.3 is 4.74 Å². The highest BCUT2D eigenvalue weighted by Crippen LogP contribution is 2.23. The second kappa shape index (κ2) is 10.1. The van der Waals surface area contributed by atoms with Crippen LogP contribution in [0.5, 0.6) is 5.75 Å². The molecule has 146 valence electrons. The smallest absolute Gasteiger partial charge is 0.311 e. The van der Waals surface area contributed by atoms with E-state index in [1.165, 1.54) is 0 Å². The summed E-state index contributed by atoms with van der Waals surface area (Å²) in [5, 5.41) is 8.88. The van der Waals surface area contributed by atoms with E-state index in [-0.39, 0.29) is 5.97 Å². The lowest BCUT2D eigenvalue weighted by Crippen LogP contribution is -2.07. The SMILES string of the molecule is CCCCCCC(=O)Oc1ccc(-c2ncc(-c3ccc(C#N)cc3)cn2)cc1. The number of hydrogen-bond acceptors (Lipinski definition) is 5. The van der Waals surface area contributed by atoms with E-state index < -0.39 is 0 Å². The summed E-state index contributed by atoms with van der Waals surface area (Å²) in [6.45, 7) is 2.14. The molecule has 1 aromatic heterocycles. The zero-order chi connectivity index (χ0) is 20.5. The highest BCUT2D eigenvalue weighted by atomic mass is 16.5. The molecule has 0 bridgehead atoms. The van der Waals surface area contributed by atoms with Crippen molar-refractivity contribution in [2.75, 3.05) is 0 Å². The number of carbonyl (C=O) groups excluding carboxylic acids is 1. The zero-order valence-electron chi connectivity index (χ0n) is 16.5. The lowest BCUT2D eigenvalue weighted by Gasteiger charge is -2.06. The molecule has 0 fully saturated rings. The van der Waals surface area contributed by atoms with Crippen molar-refractivity contribution < 1.29 is 9.53 Å². The van der Waals surface area contributed by atoms with Gasteiger partial charge in [-0.3, -0.25) is 4.79 Å². The highest BCUT2D eigenvalue weighted by Gasteiger charge is 2.07. The molecule has 0 atom stereocenters. The van der Waals surface area contributed by atoms with Crippen molar-refractivity contribution in [1.29, 1.82) is 5.26 Å². The predicted molar refractivity (Wildman–Crippen MR) is 112 cm³/mol. The van der Waals surface area contributed by atoms with Crippen LogP contribution < -0.4 is 4.74 Å². The minimum Gasteiger partial charge on any atom is -0.427 e. The Morgan fingerprint density at radius 3 is 2.17 bits per heavy atom. The van der Waals surface area contributed by atoms with E-state index in [1.54, 1.807) is 36.7 Å². The van der Waals surface area contributed by atoms with Gasteiger partial charge in [0.1, 0.15) is 5.75 Å². The topological polar surface area (TPSA) is 75.9 Å². The Kier molecular flexibility index (Phi) is 7.07. The summed E-state index contributed by atoms with van der Waals surface area (Å²) in [6.07, 6.45) is 8.17. The van der Waals surface area contributed by atoms with E-state index in [0.29, 0.717) is 23.6 Å². The first-order valence-electron chi connectivity index (χ1n) is 9.83. The Morgan fingerprint density at radius 1 is 0.897 bits per heavy atom. The molecule has 0 amide bonds. The number of hydrogen-bond donors (Lipinski definition) is 0. The first-order chi connectivity index (χ1) is 14.2. The molecule has 0 unspecified atom stereocenters. The summed E-state index contributed by atoms with van der Waals surface area (Å²) in [4.78, 5) is 20.7. The summed E-state index contributed by atoms with van der Waals surface area (Å²) in [6, 6.07) is 16.6. The maximum atomic E-state index is 11.9. The Morgan fingerprint density at radius 2 is 1.55 bits per heavy atom. The number of carbonyl (C=O) groups is 1. The fourth-order valence-electron chi connectivity index (χ4n) is 2.91. The number of ether oxygens (including phenoxy) is 1. The molecule has 1 heterocycles. The van der Waals surface area contributed by atoms with Gasteiger partial charge in [0.25, 0.3) is 0 Å². The third kappa shape index (κ3) is 5.73. The lowest BCUT2D eigenvalue weighted by molar-refractivity contribution is -0.134. The number of benzene rings is 2. The van der Waals surface area contributed by atoms with Gasteiger partial charge in [-0.25, -0.2) is 9.97 Å². The molecule has 5 heteroatoms. The minimum atomic E-state index is -0.197. The van der Waals surface area contributed by atoms with E-state index in [1.807, 2.05) is 24.3 Å². The van der Waals surface area contributed by atoms with Crippen molar-refractivity contribution in [2.45, 2.75) is 39.0 Å². The van der Waals surface area contributed by atoms with Crippen LogP contribution in [0.2, 0.25) is 0 Å². The van der Waals surface area contributed by atoms with Crippen LogP contribution in [-0.2, 0) is 4.79 Å². The first-order valence-corrected chi connectivity index (χ1v) is 9.83. The highest BCUT2D eigenvalue weighted by molar-refractivity contribution is 5.72. The van der Waals surface area contributed by atoms with E-state index in [0.717, 1.165) is 42.4 Å². The fraction of sp³-hybridized carbons (Fsp3) is 0.250. The molecule has 0 aliphatic heterocycles. The van der Waals surface area contributed by atoms with Gasteiger partial charge in [-0.1, -0.05) is 38.3 Å². The third-order valence-electron chi connectivity index (χ3n) is 4.58. The van der Waals surface area contributed by atoms with E-state index in [4.69, 9.17) is 10.00 Å². The van der Waals surface area contributed by atoms with Gasteiger partial charge in [0.05, 0.1) is 11.6 Å². The van der Waals surface area contributed by atoms with Gasteiger partial charge in [0.2, 0.25) is 0 Å². The molecule has 0 aliphatic carbocycles. The van der Waals surface area contributed by atoms with Crippen molar-refractivity contribution in [3.8, 4) is 34.3 Å². The first kappa shape index (κ1) is 20.2. The van der Waals surface area contributed by atoms with Crippen LogP contribution in [0.3, 0.4) is 0 Å². The van der Waals surface area contributed by atoms with Crippen molar-refractivity contribution in [1.82, 2.24) is 9.97 Å². The molecule has 0 saturated carbocycles. The molecule has 0 saturated heterocycles. The monoisotopic (exact) mass is 385 g/mol. The van der Waals surface area contributed by atoms with Crippen LogP contribution >= 0.6 is 0 Å². The molecule has 5 nitrogen and oxygen atoms in total. The second-order valence-corrected chi connectivity index (χ2v) is 6.79. The fourth-order valence-corrected chi connectivity index (χ4v) is 2.91. The molecule has 0 spiro atoms. The van der Waals surface area contributed by atoms with Gasteiger partial charge in [0.15, 0.2) is 5.82 Å². The maximum Gasteiger partial charge on any atom is 0.311 e. The lowest BCUT2D eigenvalue weighted by atomic mass is 10.1. The van der Waals surface area contributed by atoms with Crippen LogP contribution in [0.25, 0.3) is 22.5 Å². The van der Waals surface area contributed by atoms with Crippen molar-refractivity contribution in [3.05, 3.63) is 66.5 Å². The maximum absolute atomic E-state index is 11.9. The molecule has 0 N–H and O–H groups in total.